The standard InChI is InChI=1S/C23H22N3.HI/c1-25-22(19-14-8-4-9-15-19)21(18-12-6-3-7-13-18)24-26(2)23(25)20-16-10-5-11-17-20;/h3-17,22H,1-2H3;1H/q+1;/p-1. The summed E-state index contributed by atoms with van der Waals surface area (Å²) >= 11 is 0. The van der Waals surface area contributed by atoms with E-state index in [9.17, 15) is 0 Å². The van der Waals surface area contributed by atoms with Crippen molar-refractivity contribution in [2.45, 2.75) is 6.04 Å². The van der Waals surface area contributed by atoms with Crippen molar-refractivity contribution in [2.75, 3.05) is 14.1 Å². The fourth-order valence-corrected chi connectivity index (χ4v) is 3.62. The fraction of sp³-hybridized carbons (Fsp3) is 0.130. The van der Waals surface area contributed by atoms with Gasteiger partial charge in [0, 0.05) is 11.1 Å². The molecule has 4 rings (SSSR count). The molecule has 0 spiro atoms. The molecule has 0 saturated heterocycles. The van der Waals surface area contributed by atoms with Gasteiger partial charge in [-0.1, -0.05) is 84.0 Å². The first-order chi connectivity index (χ1) is 12.8. The van der Waals surface area contributed by atoms with Crippen LogP contribution in [0, 0.1) is 0 Å². The van der Waals surface area contributed by atoms with Crippen molar-refractivity contribution < 1.29 is 28.6 Å². The number of nitrogens with zero attached hydrogens (tertiary/aromatic N) is 3. The van der Waals surface area contributed by atoms with Crippen LogP contribution in [0.25, 0.3) is 0 Å². The second-order valence-corrected chi connectivity index (χ2v) is 6.49. The molecule has 0 N–H and O–H groups in total. The quantitative estimate of drug-likeness (QED) is 0.418. The van der Waals surface area contributed by atoms with Crippen molar-refractivity contribution in [2.24, 2.45) is 5.10 Å². The maximum absolute atomic E-state index is 4.99. The van der Waals surface area contributed by atoms with Gasteiger partial charge in [-0.2, -0.15) is 0 Å². The molecule has 1 atom stereocenters. The summed E-state index contributed by atoms with van der Waals surface area (Å²) in [5.74, 6) is 1.10. The summed E-state index contributed by atoms with van der Waals surface area (Å²) in [5, 5.41) is 6.97. The van der Waals surface area contributed by atoms with Crippen LogP contribution in [-0.2, 0) is 0 Å². The molecule has 1 unspecified atom stereocenters. The zero-order valence-corrected chi connectivity index (χ0v) is 17.6. The van der Waals surface area contributed by atoms with Gasteiger partial charge in [0.2, 0.25) is 0 Å². The van der Waals surface area contributed by atoms with Crippen LogP contribution >= 0.6 is 0 Å². The van der Waals surface area contributed by atoms with Gasteiger partial charge in [0.05, 0.1) is 12.6 Å². The van der Waals surface area contributed by atoms with E-state index in [1.165, 1.54) is 5.56 Å². The van der Waals surface area contributed by atoms with Gasteiger partial charge in [0.25, 0.3) is 0 Å². The largest absolute Gasteiger partial charge is 1.00 e. The zero-order valence-electron chi connectivity index (χ0n) is 15.5. The molecule has 0 radical (unpaired) electrons. The van der Waals surface area contributed by atoms with Crippen LogP contribution in [0.1, 0.15) is 22.7 Å². The highest BCUT2D eigenvalue weighted by molar-refractivity contribution is 6.07. The van der Waals surface area contributed by atoms with Crippen LogP contribution in [0.4, 0.5) is 0 Å². The van der Waals surface area contributed by atoms with Crippen molar-refractivity contribution in [1.29, 1.82) is 0 Å². The van der Waals surface area contributed by atoms with Gasteiger partial charge in [-0.3, -0.25) is 0 Å². The number of hydrogen-bond donors (Lipinski definition) is 0. The highest BCUT2D eigenvalue weighted by Crippen LogP contribution is 2.27. The average molecular weight is 467 g/mol. The predicted molar refractivity (Wildman–Crippen MR) is 107 cm³/mol. The Kier molecular flexibility index (Phi) is 6.06. The first-order valence-electron chi connectivity index (χ1n) is 8.83. The Morgan fingerprint density at radius 3 is 1.78 bits per heavy atom. The summed E-state index contributed by atoms with van der Waals surface area (Å²) in [6, 6.07) is 31.5. The summed E-state index contributed by atoms with van der Waals surface area (Å²) in [5.41, 5.74) is 4.60. The molecule has 3 nitrogen and oxygen atoms in total. The first-order valence-corrected chi connectivity index (χ1v) is 8.83. The smallest absolute Gasteiger partial charge is 0.304 e. The van der Waals surface area contributed by atoms with Crippen LogP contribution in [0.5, 0.6) is 0 Å². The van der Waals surface area contributed by atoms with E-state index >= 15 is 0 Å². The molecule has 1 aliphatic rings. The Hall–Kier alpha value is -2.47. The summed E-state index contributed by atoms with van der Waals surface area (Å²) < 4.78 is 2.32. The van der Waals surface area contributed by atoms with Crippen LogP contribution in [0.2, 0.25) is 0 Å². The normalized spacial score (nSPS) is 16.6. The molecule has 27 heavy (non-hydrogen) atoms. The Morgan fingerprint density at radius 1 is 0.741 bits per heavy atom. The van der Waals surface area contributed by atoms with Crippen LogP contribution in [0.15, 0.2) is 96.1 Å². The Morgan fingerprint density at radius 2 is 1.22 bits per heavy atom. The molecule has 3 aromatic carbocycles. The molecule has 0 saturated carbocycles. The molecule has 0 aliphatic carbocycles. The topological polar surface area (TPSA) is 18.6 Å². The number of rotatable bonds is 3. The Bertz CT molecular complexity index is 951. The molecular weight excluding hydrogens is 445 g/mol. The lowest BCUT2D eigenvalue weighted by Gasteiger charge is -2.27. The summed E-state index contributed by atoms with van der Waals surface area (Å²) in [7, 11) is 4.16. The van der Waals surface area contributed by atoms with E-state index in [0.29, 0.717) is 0 Å². The molecule has 0 fully saturated rings. The molecule has 136 valence electrons. The minimum absolute atomic E-state index is 0. The van der Waals surface area contributed by atoms with Gasteiger partial charge in [-0.15, -0.1) is 5.01 Å². The van der Waals surface area contributed by atoms with Gasteiger partial charge in [0.1, 0.15) is 12.8 Å². The number of hydrogen-bond acceptors (Lipinski definition) is 2. The number of halogens is 1. The molecule has 1 heterocycles. The third-order valence-electron chi connectivity index (χ3n) is 4.76. The van der Waals surface area contributed by atoms with Crippen LogP contribution in [-0.4, -0.2) is 35.2 Å². The van der Waals surface area contributed by atoms with Crippen molar-refractivity contribution in [3.05, 3.63) is 108 Å². The van der Waals surface area contributed by atoms with Gasteiger partial charge in [0.15, 0.2) is 6.04 Å². The van der Waals surface area contributed by atoms with Gasteiger partial charge < -0.3 is 24.0 Å². The van der Waals surface area contributed by atoms with Crippen molar-refractivity contribution >= 4 is 11.5 Å². The lowest BCUT2D eigenvalue weighted by atomic mass is 9.95. The molecule has 3 aromatic rings. The lowest BCUT2D eigenvalue weighted by molar-refractivity contribution is -0.531. The van der Waals surface area contributed by atoms with E-state index < -0.39 is 0 Å². The van der Waals surface area contributed by atoms with Crippen LogP contribution in [0.3, 0.4) is 0 Å². The molecule has 4 heteroatoms. The Labute approximate surface area is 177 Å². The SMILES string of the molecule is CN1N=C(c2ccccc2)C(c2ccccc2)[N+](C)=C1c1ccccc1.[I-]. The second kappa shape index (κ2) is 8.48. The van der Waals surface area contributed by atoms with Crippen LogP contribution < -0.4 is 24.0 Å². The second-order valence-electron chi connectivity index (χ2n) is 6.49. The Balaban J connectivity index is 0.00000210. The maximum Gasteiger partial charge on any atom is 0.304 e. The van der Waals surface area contributed by atoms with Gasteiger partial charge in [-0.25, -0.2) is 4.58 Å². The molecular formula is C23H22IN3. The van der Waals surface area contributed by atoms with Crippen molar-refractivity contribution in [1.82, 2.24) is 5.01 Å². The summed E-state index contributed by atoms with van der Waals surface area (Å²) in [6.45, 7) is 0. The fourth-order valence-electron chi connectivity index (χ4n) is 3.62. The number of likely N-dealkylation sites (N-methyl/N-ethyl adjacent to an activating group) is 1. The van der Waals surface area contributed by atoms with E-state index in [2.05, 4.69) is 90.5 Å². The molecule has 0 bridgehead atoms. The highest BCUT2D eigenvalue weighted by Gasteiger charge is 2.36. The monoisotopic (exact) mass is 467 g/mol. The van der Waals surface area contributed by atoms with Gasteiger partial charge in [-0.05, 0) is 12.1 Å². The molecule has 1 aliphatic heterocycles. The zero-order chi connectivity index (χ0) is 17.9. The number of hydrazone groups is 1. The van der Waals surface area contributed by atoms with E-state index in [1.807, 2.05) is 24.2 Å². The van der Waals surface area contributed by atoms with E-state index in [0.717, 1.165) is 22.7 Å². The van der Waals surface area contributed by atoms with E-state index in [4.69, 9.17) is 5.10 Å². The van der Waals surface area contributed by atoms with Crippen molar-refractivity contribution in [3.63, 3.8) is 0 Å². The highest BCUT2D eigenvalue weighted by atomic mass is 127. The molecule has 0 amide bonds. The average Bonchev–Trinajstić information content (AvgIpc) is 2.70. The predicted octanol–water partition coefficient (Wildman–Crippen LogP) is 1.17. The lowest BCUT2D eigenvalue weighted by Crippen LogP contribution is -3.00. The third kappa shape index (κ3) is 3.81. The molecule has 0 aromatic heterocycles. The number of benzene rings is 3. The summed E-state index contributed by atoms with van der Waals surface area (Å²) in [6.07, 6.45) is 0. The summed E-state index contributed by atoms with van der Waals surface area (Å²) in [4.78, 5) is 0. The third-order valence-corrected chi connectivity index (χ3v) is 4.76. The van der Waals surface area contributed by atoms with E-state index in [1.54, 1.807) is 0 Å². The van der Waals surface area contributed by atoms with Crippen molar-refractivity contribution in [3.8, 4) is 0 Å². The number of amidine groups is 1. The van der Waals surface area contributed by atoms with Gasteiger partial charge >= 0.3 is 5.84 Å². The first kappa shape index (κ1) is 19.3. The minimum Gasteiger partial charge on any atom is -1.00 e. The van der Waals surface area contributed by atoms with E-state index in [-0.39, 0.29) is 30.0 Å². The maximum atomic E-state index is 4.99. The minimum atomic E-state index is 0.